The van der Waals surface area contributed by atoms with Gasteiger partial charge in [-0.05, 0) is 25.7 Å². The Morgan fingerprint density at radius 2 is 1.52 bits per heavy atom. The Morgan fingerprint density at radius 3 is 2.12 bits per heavy atom. The van der Waals surface area contributed by atoms with Gasteiger partial charge >= 0.3 is 5.97 Å². The number of esters is 1. The van der Waals surface area contributed by atoms with E-state index in [-0.39, 0.29) is 55.2 Å². The second kappa shape index (κ2) is 7.97. The molecule has 3 amide bonds. The number of fused-ring (bicyclic) bond motifs is 1. The molecule has 3 rings (SSSR count). The van der Waals surface area contributed by atoms with Crippen LogP contribution in [0.5, 0.6) is 0 Å². The van der Waals surface area contributed by atoms with Gasteiger partial charge in [-0.3, -0.25) is 24.1 Å². The molecule has 0 unspecified atom stereocenters. The van der Waals surface area contributed by atoms with Crippen LogP contribution in [-0.4, -0.2) is 47.8 Å². The van der Waals surface area contributed by atoms with E-state index in [1.807, 2.05) is 0 Å². The van der Waals surface area contributed by atoms with Crippen molar-refractivity contribution in [3.05, 3.63) is 0 Å². The number of hydrogen-bond acceptors (Lipinski definition) is 5. The molecule has 0 aromatic heterocycles. The van der Waals surface area contributed by atoms with E-state index in [0.29, 0.717) is 0 Å². The van der Waals surface area contributed by atoms with Gasteiger partial charge in [0.25, 0.3) is 5.91 Å². The highest BCUT2D eigenvalue weighted by atomic mass is 16.5. The van der Waals surface area contributed by atoms with Gasteiger partial charge in [0.1, 0.15) is 0 Å². The first-order valence-electron chi connectivity index (χ1n) is 9.36. The van der Waals surface area contributed by atoms with Crippen LogP contribution in [-0.2, 0) is 23.9 Å². The SMILES string of the molecule is O=C(COC(=O)CCN1C(=O)[C@H]2CCCC[C@@H]2C1=O)NC1CCCC1. The summed E-state index contributed by atoms with van der Waals surface area (Å²) < 4.78 is 4.96. The molecule has 7 nitrogen and oxygen atoms in total. The van der Waals surface area contributed by atoms with Crippen LogP contribution in [0.25, 0.3) is 0 Å². The third-order valence-electron chi connectivity index (χ3n) is 5.56. The smallest absolute Gasteiger partial charge is 0.308 e. The van der Waals surface area contributed by atoms with Crippen LogP contribution in [0.1, 0.15) is 57.8 Å². The number of ether oxygens (including phenoxy) is 1. The molecule has 7 heteroatoms. The lowest BCUT2D eigenvalue weighted by atomic mass is 9.81. The van der Waals surface area contributed by atoms with Crippen LogP contribution in [0.2, 0.25) is 0 Å². The first-order valence-corrected chi connectivity index (χ1v) is 9.36. The maximum Gasteiger partial charge on any atom is 0.308 e. The number of imide groups is 1. The fraction of sp³-hybridized carbons (Fsp3) is 0.778. The second-order valence-electron chi connectivity index (χ2n) is 7.29. The molecule has 1 saturated heterocycles. The van der Waals surface area contributed by atoms with Crippen molar-refractivity contribution in [3.8, 4) is 0 Å². The molecular formula is C18H26N2O5. The Balaban J connectivity index is 1.39. The fourth-order valence-corrected chi connectivity index (χ4v) is 4.21. The molecule has 1 N–H and O–H groups in total. The number of likely N-dealkylation sites (tertiary alicyclic amines) is 1. The number of nitrogens with zero attached hydrogens (tertiary/aromatic N) is 1. The lowest BCUT2D eigenvalue weighted by molar-refractivity contribution is -0.150. The zero-order chi connectivity index (χ0) is 17.8. The normalized spacial score (nSPS) is 26.6. The lowest BCUT2D eigenvalue weighted by Crippen LogP contribution is -2.36. The van der Waals surface area contributed by atoms with Gasteiger partial charge in [-0.25, -0.2) is 0 Å². The Hall–Kier alpha value is -1.92. The molecule has 3 aliphatic rings. The van der Waals surface area contributed by atoms with Gasteiger partial charge < -0.3 is 10.1 Å². The van der Waals surface area contributed by atoms with Gasteiger partial charge in [-0.2, -0.15) is 0 Å². The fourth-order valence-electron chi connectivity index (χ4n) is 4.21. The van der Waals surface area contributed by atoms with E-state index in [0.717, 1.165) is 51.4 Å². The number of nitrogens with one attached hydrogen (secondary N) is 1. The number of carbonyl (C=O) groups excluding carboxylic acids is 4. The molecule has 0 aromatic rings. The zero-order valence-corrected chi connectivity index (χ0v) is 14.5. The molecule has 0 bridgehead atoms. The van der Waals surface area contributed by atoms with E-state index in [1.165, 1.54) is 4.90 Å². The number of rotatable bonds is 6. The van der Waals surface area contributed by atoms with E-state index in [1.54, 1.807) is 0 Å². The molecule has 1 heterocycles. The van der Waals surface area contributed by atoms with Gasteiger partial charge in [0.05, 0.1) is 18.3 Å². The first kappa shape index (κ1) is 17.9. The summed E-state index contributed by atoms with van der Waals surface area (Å²) in [5.74, 6) is -1.55. The van der Waals surface area contributed by atoms with Crippen LogP contribution in [0.15, 0.2) is 0 Å². The van der Waals surface area contributed by atoms with Crippen LogP contribution < -0.4 is 5.32 Å². The maximum atomic E-state index is 12.3. The predicted octanol–water partition coefficient (Wildman–Crippen LogP) is 1.15. The lowest BCUT2D eigenvalue weighted by Gasteiger charge is -2.19. The van der Waals surface area contributed by atoms with Crippen LogP contribution in [0, 0.1) is 11.8 Å². The van der Waals surface area contributed by atoms with Gasteiger partial charge in [0.15, 0.2) is 6.61 Å². The van der Waals surface area contributed by atoms with Crippen molar-refractivity contribution >= 4 is 23.7 Å². The van der Waals surface area contributed by atoms with Crippen molar-refractivity contribution in [2.24, 2.45) is 11.8 Å². The third-order valence-corrected chi connectivity index (χ3v) is 5.56. The highest BCUT2D eigenvalue weighted by Crippen LogP contribution is 2.37. The number of carbonyl (C=O) groups is 4. The van der Waals surface area contributed by atoms with Gasteiger partial charge in [0, 0.05) is 12.6 Å². The van der Waals surface area contributed by atoms with E-state index in [2.05, 4.69) is 5.32 Å². The molecular weight excluding hydrogens is 324 g/mol. The predicted molar refractivity (Wildman–Crippen MR) is 88.1 cm³/mol. The molecule has 1 aliphatic heterocycles. The minimum Gasteiger partial charge on any atom is -0.456 e. The van der Waals surface area contributed by atoms with Crippen molar-refractivity contribution in [2.75, 3.05) is 13.2 Å². The molecule has 25 heavy (non-hydrogen) atoms. The summed E-state index contributed by atoms with van der Waals surface area (Å²) >= 11 is 0. The van der Waals surface area contributed by atoms with E-state index in [4.69, 9.17) is 4.74 Å². The summed E-state index contributed by atoms with van der Waals surface area (Å²) in [6.07, 6.45) is 7.60. The van der Waals surface area contributed by atoms with Crippen molar-refractivity contribution in [3.63, 3.8) is 0 Å². The summed E-state index contributed by atoms with van der Waals surface area (Å²) in [5.41, 5.74) is 0. The van der Waals surface area contributed by atoms with Gasteiger partial charge in [0.2, 0.25) is 11.8 Å². The minimum absolute atomic E-state index is 0.0493. The molecule has 2 aliphatic carbocycles. The Kier molecular flexibility index (Phi) is 5.71. The quantitative estimate of drug-likeness (QED) is 0.573. The largest absolute Gasteiger partial charge is 0.456 e. The van der Waals surface area contributed by atoms with Crippen molar-refractivity contribution in [2.45, 2.75) is 63.8 Å². The van der Waals surface area contributed by atoms with E-state index < -0.39 is 5.97 Å². The Bertz CT molecular complexity index is 532. The number of hydrogen-bond donors (Lipinski definition) is 1. The van der Waals surface area contributed by atoms with Crippen molar-refractivity contribution in [1.82, 2.24) is 10.2 Å². The summed E-state index contributed by atoms with van der Waals surface area (Å²) in [7, 11) is 0. The molecule has 2 atom stereocenters. The van der Waals surface area contributed by atoms with Crippen LogP contribution in [0.3, 0.4) is 0 Å². The maximum absolute atomic E-state index is 12.3. The number of amides is 3. The molecule has 0 aromatic carbocycles. The molecule has 2 saturated carbocycles. The van der Waals surface area contributed by atoms with Crippen LogP contribution >= 0.6 is 0 Å². The minimum atomic E-state index is -0.558. The summed E-state index contributed by atoms with van der Waals surface area (Å²) in [6.45, 7) is -0.254. The molecule has 138 valence electrons. The monoisotopic (exact) mass is 350 g/mol. The Labute approximate surface area is 147 Å². The van der Waals surface area contributed by atoms with E-state index in [9.17, 15) is 19.2 Å². The Morgan fingerprint density at radius 1 is 0.960 bits per heavy atom. The van der Waals surface area contributed by atoms with Crippen molar-refractivity contribution < 1.29 is 23.9 Å². The summed E-state index contributed by atoms with van der Waals surface area (Å²) in [6, 6.07) is 0.189. The molecule has 3 fully saturated rings. The van der Waals surface area contributed by atoms with Gasteiger partial charge in [-0.1, -0.05) is 25.7 Å². The van der Waals surface area contributed by atoms with Crippen LogP contribution in [0.4, 0.5) is 0 Å². The van der Waals surface area contributed by atoms with E-state index >= 15 is 0 Å². The highest BCUT2D eigenvalue weighted by Gasteiger charge is 2.47. The first-order chi connectivity index (χ1) is 12.1. The second-order valence-corrected chi connectivity index (χ2v) is 7.29. The summed E-state index contributed by atoms with van der Waals surface area (Å²) in [5, 5.41) is 2.84. The topological polar surface area (TPSA) is 92.8 Å². The zero-order valence-electron chi connectivity index (χ0n) is 14.5. The molecule has 0 radical (unpaired) electrons. The average molecular weight is 350 g/mol. The highest BCUT2D eigenvalue weighted by molar-refractivity contribution is 6.05. The van der Waals surface area contributed by atoms with Gasteiger partial charge in [-0.15, -0.1) is 0 Å². The molecule has 0 spiro atoms. The van der Waals surface area contributed by atoms with Crippen molar-refractivity contribution in [1.29, 1.82) is 0 Å². The third kappa shape index (κ3) is 4.19. The summed E-state index contributed by atoms with van der Waals surface area (Å²) in [4.78, 5) is 49.4. The average Bonchev–Trinajstić information content (AvgIpc) is 3.20. The standard InChI is InChI=1S/C18H26N2O5/c21-15(19-12-5-1-2-6-12)11-25-16(22)9-10-20-17(23)13-7-3-4-8-14(13)18(20)24/h12-14H,1-11H2,(H,19,21)/t13-,14-/m0/s1.